The molecule has 0 amide bonds. The molecule has 7 heteroatoms. The van der Waals surface area contributed by atoms with E-state index in [2.05, 4.69) is 32.1 Å². The third kappa shape index (κ3) is 35.6. The minimum absolute atomic E-state index is 0.00429. The second-order valence-electron chi connectivity index (χ2n) is 7.11. The van der Waals surface area contributed by atoms with E-state index in [0.29, 0.717) is 0 Å². The fourth-order valence-electron chi connectivity index (χ4n) is 2.24. The van der Waals surface area contributed by atoms with E-state index in [1.807, 2.05) is 6.92 Å². The van der Waals surface area contributed by atoms with Gasteiger partial charge in [0.2, 0.25) is 0 Å². The number of rotatable bonds is 12. The summed E-state index contributed by atoms with van der Waals surface area (Å²) in [5, 5.41) is 44.7. The Balaban J connectivity index is -0.000000832. The number of aliphatic hydroxyl groups excluding tert-OH is 3. The first kappa shape index (κ1) is 33.4. The summed E-state index contributed by atoms with van der Waals surface area (Å²) in [7, 11) is 0. The lowest BCUT2D eigenvalue weighted by atomic mass is 10.0. The fourth-order valence-corrected chi connectivity index (χ4v) is 2.24. The van der Waals surface area contributed by atoms with Crippen molar-refractivity contribution in [2.24, 2.45) is 0 Å². The molecule has 0 unspecified atom stereocenters. The lowest BCUT2D eigenvalue weighted by Gasteiger charge is -2.03. The predicted octanol–water partition coefficient (Wildman–Crippen LogP) is 1.58. The van der Waals surface area contributed by atoms with Crippen LogP contribution in [0.15, 0.2) is 46.6 Å². The molecule has 0 saturated carbocycles. The van der Waals surface area contributed by atoms with Gasteiger partial charge in [0.25, 0.3) is 0 Å². The Bertz CT molecular complexity index is 579. The van der Waals surface area contributed by atoms with Crippen molar-refractivity contribution in [2.75, 3.05) is 19.8 Å². The van der Waals surface area contributed by atoms with Crippen molar-refractivity contribution in [1.82, 2.24) is 0 Å². The summed E-state index contributed by atoms with van der Waals surface area (Å²) in [5.74, 6) is -2.17. The van der Waals surface area contributed by atoms with Crippen molar-refractivity contribution in [2.45, 2.75) is 73.1 Å². The van der Waals surface area contributed by atoms with Gasteiger partial charge in [-0.1, -0.05) is 41.0 Å². The normalized spacial score (nSPS) is 12.4. The van der Waals surface area contributed by atoms with Gasteiger partial charge < -0.3 is 35.1 Å². The van der Waals surface area contributed by atoms with Gasteiger partial charge in [-0.2, -0.15) is 0 Å². The summed E-state index contributed by atoms with van der Waals surface area (Å²) in [5.41, 5.74) is 4.70. The molecule has 0 aliphatic heterocycles. The van der Waals surface area contributed by atoms with E-state index >= 15 is 0 Å². The van der Waals surface area contributed by atoms with Crippen molar-refractivity contribution in [3.8, 4) is 0 Å². The van der Waals surface area contributed by atoms with E-state index < -0.39 is 11.9 Å². The molecule has 0 aliphatic rings. The molecule has 0 spiro atoms. The Morgan fingerprint density at radius 1 is 0.613 bits per heavy atom. The number of allylic oxidation sites excluding steroid dienone is 5. The maximum absolute atomic E-state index is 9.12. The van der Waals surface area contributed by atoms with Gasteiger partial charge in [-0.15, -0.1) is 0 Å². The molecule has 0 aliphatic carbocycles. The van der Waals surface area contributed by atoms with Crippen LogP contribution in [0.3, 0.4) is 0 Å². The molecule has 0 radical (unpaired) electrons. The summed E-state index contributed by atoms with van der Waals surface area (Å²) in [6, 6.07) is 0. The Hall–Kier alpha value is -2.22. The highest BCUT2D eigenvalue weighted by molar-refractivity contribution is 5.60. The number of carboxylic acid groups (broad SMARTS) is 2. The lowest BCUT2D eigenvalue weighted by Crippen LogP contribution is -2.16. The van der Waals surface area contributed by atoms with Crippen LogP contribution >= 0.6 is 0 Å². The first-order valence-electron chi connectivity index (χ1n) is 10.3. The summed E-state index contributed by atoms with van der Waals surface area (Å²) in [4.78, 5) is 17.8. The van der Waals surface area contributed by atoms with Gasteiger partial charge in [-0.05, 0) is 78.7 Å². The molecule has 0 saturated heterocycles. The van der Waals surface area contributed by atoms with E-state index in [-0.39, 0.29) is 19.8 Å². The molecule has 0 aromatic rings. The molecule has 0 aromatic heterocycles. The van der Waals surface area contributed by atoms with E-state index in [1.165, 1.54) is 11.1 Å². The number of carboxylic acids is 2. The van der Waals surface area contributed by atoms with Gasteiger partial charge in [0.1, 0.15) is 0 Å². The van der Waals surface area contributed by atoms with Crippen LogP contribution in [-0.2, 0) is 9.59 Å². The first-order chi connectivity index (χ1) is 14.5. The number of aliphatic hydroxyl groups is 3. The number of hydrogen-bond acceptors (Lipinski definition) is 7. The summed E-state index contributed by atoms with van der Waals surface area (Å²) in [6.07, 6.45) is 14.2. The average Bonchev–Trinajstić information content (AvgIpc) is 2.66. The molecule has 7 nitrogen and oxygen atoms in total. The maximum atomic E-state index is 9.12. The molecule has 0 bridgehead atoms. The topological polar surface area (TPSA) is 141 Å². The van der Waals surface area contributed by atoms with Crippen molar-refractivity contribution in [1.29, 1.82) is 0 Å². The van der Waals surface area contributed by atoms with Crippen LogP contribution in [0.2, 0.25) is 0 Å². The largest absolute Gasteiger partial charge is 0.550 e. The highest BCUT2D eigenvalue weighted by atomic mass is 16.4. The van der Waals surface area contributed by atoms with E-state index in [9.17, 15) is 0 Å². The zero-order valence-electron chi connectivity index (χ0n) is 19.6. The van der Waals surface area contributed by atoms with Crippen molar-refractivity contribution in [3.63, 3.8) is 0 Å². The summed E-state index contributed by atoms with van der Waals surface area (Å²) >= 11 is 0. The van der Waals surface area contributed by atoms with Gasteiger partial charge in [0.05, 0.1) is 19.8 Å². The first-order valence-corrected chi connectivity index (χ1v) is 10.3. The second kappa shape index (κ2) is 24.1. The minimum Gasteiger partial charge on any atom is -0.550 e. The molecular weight excluding hydrogens is 400 g/mol. The number of carbonyl (C=O) groups excluding carboxylic acids is 2. The third-order valence-corrected chi connectivity index (χ3v) is 3.85. The van der Waals surface area contributed by atoms with Crippen molar-refractivity contribution < 1.29 is 35.1 Å². The molecule has 0 heterocycles. The van der Waals surface area contributed by atoms with Crippen LogP contribution in [0, 0.1) is 0 Å². The zero-order valence-corrected chi connectivity index (χ0v) is 19.6. The molecule has 0 fully saturated rings. The predicted molar refractivity (Wildman–Crippen MR) is 120 cm³/mol. The minimum atomic E-state index is -1.08. The molecular formula is C24H40O7-2. The van der Waals surface area contributed by atoms with Gasteiger partial charge in [-0.3, -0.25) is 0 Å². The van der Waals surface area contributed by atoms with Crippen molar-refractivity contribution in [3.05, 3.63) is 46.6 Å². The highest BCUT2D eigenvalue weighted by Crippen LogP contribution is 2.13. The van der Waals surface area contributed by atoms with Gasteiger partial charge >= 0.3 is 0 Å². The molecule has 0 aromatic carbocycles. The van der Waals surface area contributed by atoms with Gasteiger partial charge in [-0.25, -0.2) is 0 Å². The van der Waals surface area contributed by atoms with Crippen LogP contribution < -0.4 is 10.2 Å². The molecule has 0 rings (SSSR count). The number of hydrogen-bond donors (Lipinski definition) is 3. The average molecular weight is 441 g/mol. The van der Waals surface area contributed by atoms with Crippen LogP contribution in [0.25, 0.3) is 0 Å². The fraction of sp³-hybridized carbons (Fsp3) is 0.583. The molecule has 180 valence electrons. The Morgan fingerprint density at radius 2 is 0.968 bits per heavy atom. The summed E-state index contributed by atoms with van der Waals surface area (Å²) in [6.45, 7) is 8.37. The van der Waals surface area contributed by atoms with Crippen LogP contribution in [0.1, 0.15) is 73.1 Å². The van der Waals surface area contributed by atoms with Crippen LogP contribution in [0.5, 0.6) is 0 Å². The second-order valence-corrected chi connectivity index (χ2v) is 7.11. The summed E-state index contributed by atoms with van der Waals surface area (Å²) < 4.78 is 0. The standard InChI is InChI=1S/C20H34O3.2C2H4O2/c1-17(9-5-11-19(3)15-22)7-4-8-18(2)10-6-12-20(16-23)13-14-21;2*1-2(3)4/h7,10-11,13,21-23H,4-6,8-9,12,14-16H2,1-3H3;2*1H3,(H,3,4)/p-2/b17-7+,18-10+,19-11-,20-13+;;. The molecule has 31 heavy (non-hydrogen) atoms. The van der Waals surface area contributed by atoms with Crippen molar-refractivity contribution >= 4 is 11.9 Å². The number of aliphatic carboxylic acids is 2. The van der Waals surface area contributed by atoms with Gasteiger partial charge in [0.15, 0.2) is 0 Å². The lowest BCUT2D eigenvalue weighted by molar-refractivity contribution is -0.303. The smallest absolute Gasteiger partial charge is 0.0642 e. The number of carbonyl (C=O) groups is 2. The SMILES string of the molecule is C/C(=C/CC/C(C)=C/CC/C(C)=C/CC/C(=C\CO)CO)CO.CC(=O)[O-].CC(=O)[O-]. The van der Waals surface area contributed by atoms with Gasteiger partial charge in [0, 0.05) is 11.9 Å². The Kier molecular flexibility index (Phi) is 25.9. The Morgan fingerprint density at radius 3 is 1.29 bits per heavy atom. The Labute approximate surface area is 187 Å². The molecule has 0 atom stereocenters. The van der Waals surface area contributed by atoms with E-state index in [1.54, 1.807) is 6.08 Å². The molecule has 3 N–H and O–H groups in total. The third-order valence-electron chi connectivity index (χ3n) is 3.85. The maximum Gasteiger partial charge on any atom is 0.0642 e. The van der Waals surface area contributed by atoms with Crippen LogP contribution in [0.4, 0.5) is 0 Å². The zero-order chi connectivity index (χ0) is 24.7. The van der Waals surface area contributed by atoms with E-state index in [0.717, 1.165) is 63.5 Å². The quantitative estimate of drug-likeness (QED) is 0.391. The highest BCUT2D eigenvalue weighted by Gasteiger charge is 1.95. The van der Waals surface area contributed by atoms with Crippen LogP contribution in [-0.4, -0.2) is 47.1 Å². The monoisotopic (exact) mass is 440 g/mol. The van der Waals surface area contributed by atoms with E-state index in [4.69, 9.17) is 35.1 Å².